The molecule has 1 aromatic carbocycles. The van der Waals surface area contributed by atoms with Crippen LogP contribution in [0.4, 0.5) is 0 Å². The number of amides is 1. The topological polar surface area (TPSA) is 55.4 Å². The number of methoxy groups -OCH3 is 1. The van der Waals surface area contributed by atoms with E-state index in [1.165, 1.54) is 13.2 Å². The van der Waals surface area contributed by atoms with Crippen LogP contribution in [0.1, 0.15) is 15.9 Å². The SMILES string of the molecule is COC(=O)Cc1ccc(Cl)cc1C(=O)NS. The van der Waals surface area contributed by atoms with Crippen molar-refractivity contribution in [2.24, 2.45) is 0 Å². The molecule has 0 heterocycles. The van der Waals surface area contributed by atoms with E-state index in [1.54, 1.807) is 12.1 Å². The van der Waals surface area contributed by atoms with Crippen LogP contribution in [0.2, 0.25) is 5.02 Å². The Kier molecular flexibility index (Phi) is 4.64. The molecule has 1 rings (SSSR count). The third-order valence-electron chi connectivity index (χ3n) is 1.98. The first-order valence-corrected chi connectivity index (χ1v) is 5.20. The summed E-state index contributed by atoms with van der Waals surface area (Å²) < 4.78 is 6.71. The predicted molar refractivity (Wildman–Crippen MR) is 63.6 cm³/mol. The van der Waals surface area contributed by atoms with Crippen LogP contribution in [-0.2, 0) is 16.0 Å². The van der Waals surface area contributed by atoms with E-state index in [9.17, 15) is 9.59 Å². The molecule has 0 spiro atoms. The number of benzene rings is 1. The molecule has 6 heteroatoms. The Morgan fingerprint density at radius 3 is 2.75 bits per heavy atom. The fourth-order valence-corrected chi connectivity index (χ4v) is 1.49. The minimum Gasteiger partial charge on any atom is -0.469 e. The van der Waals surface area contributed by atoms with Gasteiger partial charge in [0, 0.05) is 10.6 Å². The molecule has 1 amide bonds. The maximum Gasteiger partial charge on any atom is 0.310 e. The van der Waals surface area contributed by atoms with E-state index in [2.05, 4.69) is 22.3 Å². The lowest BCUT2D eigenvalue weighted by Crippen LogP contribution is -2.17. The summed E-state index contributed by atoms with van der Waals surface area (Å²) in [6.45, 7) is 0. The molecule has 16 heavy (non-hydrogen) atoms. The summed E-state index contributed by atoms with van der Waals surface area (Å²) in [5, 5.41) is 0.417. The van der Waals surface area contributed by atoms with Gasteiger partial charge in [0.1, 0.15) is 0 Å². The molecule has 0 radical (unpaired) electrons. The lowest BCUT2D eigenvalue weighted by Gasteiger charge is -2.07. The molecular weight excluding hydrogens is 250 g/mol. The quantitative estimate of drug-likeness (QED) is 0.641. The molecule has 0 aliphatic heterocycles. The van der Waals surface area contributed by atoms with Crippen molar-refractivity contribution < 1.29 is 14.3 Å². The fraction of sp³-hybridized carbons (Fsp3) is 0.200. The van der Waals surface area contributed by atoms with E-state index in [0.717, 1.165) is 0 Å². The summed E-state index contributed by atoms with van der Waals surface area (Å²) in [5.41, 5.74) is 0.857. The van der Waals surface area contributed by atoms with Gasteiger partial charge in [0.2, 0.25) is 0 Å². The van der Waals surface area contributed by atoms with Gasteiger partial charge in [-0.3, -0.25) is 14.3 Å². The Hall–Kier alpha value is -1.20. The molecule has 4 nitrogen and oxygen atoms in total. The number of ether oxygens (including phenoxy) is 1. The highest BCUT2D eigenvalue weighted by Gasteiger charge is 2.13. The van der Waals surface area contributed by atoms with Crippen molar-refractivity contribution in [3.05, 3.63) is 34.3 Å². The highest BCUT2D eigenvalue weighted by atomic mass is 35.5. The molecule has 1 aromatic rings. The molecule has 86 valence electrons. The third kappa shape index (κ3) is 3.15. The average molecular weight is 260 g/mol. The van der Waals surface area contributed by atoms with Gasteiger partial charge in [-0.2, -0.15) is 0 Å². The normalized spacial score (nSPS) is 9.69. The molecular formula is C10H10ClNO3S. The molecule has 0 fully saturated rings. The van der Waals surface area contributed by atoms with E-state index >= 15 is 0 Å². The Morgan fingerprint density at radius 1 is 1.50 bits per heavy atom. The van der Waals surface area contributed by atoms with E-state index < -0.39 is 11.9 Å². The molecule has 0 aliphatic rings. The van der Waals surface area contributed by atoms with Crippen molar-refractivity contribution in [2.75, 3.05) is 7.11 Å². The number of carbonyl (C=O) groups is 2. The predicted octanol–water partition coefficient (Wildman–Crippen LogP) is 1.63. The zero-order valence-corrected chi connectivity index (χ0v) is 10.1. The molecule has 1 N–H and O–H groups in total. The Morgan fingerprint density at radius 2 is 2.19 bits per heavy atom. The van der Waals surface area contributed by atoms with Gasteiger partial charge < -0.3 is 4.74 Å². The second-order valence-electron chi connectivity index (χ2n) is 3.00. The number of rotatable bonds is 3. The standard InChI is InChI=1S/C10H10ClNO3S/c1-15-9(13)4-6-2-3-7(11)5-8(6)10(14)12-16/h2-3,5,16H,4H2,1H3,(H,12,14). The van der Waals surface area contributed by atoms with Crippen LogP contribution < -0.4 is 4.72 Å². The lowest BCUT2D eigenvalue weighted by molar-refractivity contribution is -0.139. The molecule has 0 saturated heterocycles. The summed E-state index contributed by atoms with van der Waals surface area (Å²) in [7, 11) is 1.29. The number of nitrogens with one attached hydrogen (secondary N) is 1. The van der Waals surface area contributed by atoms with Crippen LogP contribution in [0, 0.1) is 0 Å². The second kappa shape index (κ2) is 5.77. The van der Waals surface area contributed by atoms with Gasteiger partial charge in [-0.25, -0.2) is 0 Å². The first kappa shape index (κ1) is 12.9. The number of thiol groups is 1. The van der Waals surface area contributed by atoms with Gasteiger partial charge >= 0.3 is 5.97 Å². The van der Waals surface area contributed by atoms with Crippen molar-refractivity contribution in [2.45, 2.75) is 6.42 Å². The van der Waals surface area contributed by atoms with Crippen molar-refractivity contribution in [1.82, 2.24) is 4.72 Å². The van der Waals surface area contributed by atoms with E-state index in [0.29, 0.717) is 16.1 Å². The van der Waals surface area contributed by atoms with Crippen LogP contribution in [0.5, 0.6) is 0 Å². The monoisotopic (exact) mass is 259 g/mol. The molecule has 0 aromatic heterocycles. The number of hydrogen-bond acceptors (Lipinski definition) is 4. The molecule has 0 unspecified atom stereocenters. The number of esters is 1. The Labute approximate surface area is 103 Å². The smallest absolute Gasteiger partial charge is 0.310 e. The minimum atomic E-state index is -0.421. The van der Waals surface area contributed by atoms with Crippen LogP contribution in [0.3, 0.4) is 0 Å². The summed E-state index contributed by atoms with van der Waals surface area (Å²) in [5.74, 6) is -0.833. The molecule has 0 bridgehead atoms. The Bertz CT molecular complexity index is 423. The average Bonchev–Trinajstić information content (AvgIpc) is 2.30. The maximum absolute atomic E-state index is 11.5. The van der Waals surface area contributed by atoms with Crippen LogP contribution >= 0.6 is 24.4 Å². The largest absolute Gasteiger partial charge is 0.469 e. The number of hydrogen-bond donors (Lipinski definition) is 2. The van der Waals surface area contributed by atoms with Crippen molar-refractivity contribution >= 4 is 36.3 Å². The summed E-state index contributed by atoms with van der Waals surface area (Å²) in [6, 6.07) is 4.69. The summed E-state index contributed by atoms with van der Waals surface area (Å²) >= 11 is 9.43. The molecule has 0 atom stereocenters. The van der Waals surface area contributed by atoms with Crippen molar-refractivity contribution in [1.29, 1.82) is 0 Å². The van der Waals surface area contributed by atoms with Gasteiger partial charge in [-0.15, -0.1) is 0 Å². The Balaban J connectivity index is 3.07. The fourth-order valence-electron chi connectivity index (χ4n) is 1.20. The van der Waals surface area contributed by atoms with Gasteiger partial charge in [-0.05, 0) is 17.7 Å². The maximum atomic E-state index is 11.5. The summed E-state index contributed by atoms with van der Waals surface area (Å²) in [4.78, 5) is 22.6. The number of halogens is 1. The van der Waals surface area contributed by atoms with E-state index in [1.807, 2.05) is 0 Å². The highest BCUT2D eigenvalue weighted by molar-refractivity contribution is 7.78. The summed E-state index contributed by atoms with van der Waals surface area (Å²) in [6.07, 6.45) is 0.0181. The van der Waals surface area contributed by atoms with Crippen LogP contribution in [0.15, 0.2) is 18.2 Å². The highest BCUT2D eigenvalue weighted by Crippen LogP contribution is 2.17. The second-order valence-corrected chi connectivity index (χ2v) is 3.66. The first-order chi connectivity index (χ1) is 7.58. The van der Waals surface area contributed by atoms with Gasteiger partial charge in [0.05, 0.1) is 13.5 Å². The third-order valence-corrected chi connectivity index (χ3v) is 2.42. The molecule has 0 saturated carbocycles. The van der Waals surface area contributed by atoms with Crippen LogP contribution in [0.25, 0.3) is 0 Å². The van der Waals surface area contributed by atoms with E-state index in [-0.39, 0.29) is 6.42 Å². The zero-order chi connectivity index (χ0) is 12.1. The first-order valence-electron chi connectivity index (χ1n) is 4.38. The van der Waals surface area contributed by atoms with Crippen molar-refractivity contribution in [3.8, 4) is 0 Å². The minimum absolute atomic E-state index is 0.0181. The van der Waals surface area contributed by atoms with Gasteiger partial charge in [0.25, 0.3) is 5.91 Å². The number of carbonyl (C=O) groups excluding carboxylic acids is 2. The van der Waals surface area contributed by atoms with Crippen LogP contribution in [-0.4, -0.2) is 19.0 Å². The van der Waals surface area contributed by atoms with Gasteiger partial charge in [0.15, 0.2) is 0 Å². The van der Waals surface area contributed by atoms with Gasteiger partial charge in [-0.1, -0.05) is 30.5 Å². The van der Waals surface area contributed by atoms with Crippen molar-refractivity contribution in [3.63, 3.8) is 0 Å². The zero-order valence-electron chi connectivity index (χ0n) is 8.49. The van der Waals surface area contributed by atoms with E-state index in [4.69, 9.17) is 11.6 Å². The lowest BCUT2D eigenvalue weighted by atomic mass is 10.0. The molecule has 0 aliphatic carbocycles.